The first-order valence-electron chi connectivity index (χ1n) is 6.70. The molecule has 0 radical (unpaired) electrons. The monoisotopic (exact) mass is 228 g/mol. The van der Waals surface area contributed by atoms with Crippen LogP contribution in [0.25, 0.3) is 0 Å². The van der Waals surface area contributed by atoms with Crippen molar-refractivity contribution in [3.63, 3.8) is 0 Å². The molecule has 2 saturated heterocycles. The minimum Gasteiger partial charge on any atom is -0.320 e. The molecule has 0 bridgehead atoms. The van der Waals surface area contributed by atoms with E-state index in [1.165, 1.54) is 62.0 Å². The molecular formula is C13H26NS+. The van der Waals surface area contributed by atoms with Crippen molar-refractivity contribution in [1.29, 1.82) is 0 Å². The molecule has 88 valence electrons. The molecule has 2 fully saturated rings. The standard InChI is InChI=1S/C13H26NS/c1-12-7-10-15-13(2)11-14(12)8-5-3-4-6-9-14/h12-13H,3-11H2,1-2H3/q+1. The Hall–Kier alpha value is 0.310. The maximum Gasteiger partial charge on any atom is 0.0906 e. The zero-order valence-corrected chi connectivity index (χ0v) is 11.2. The molecular weight excluding hydrogens is 202 g/mol. The molecule has 0 N–H and O–H groups in total. The van der Waals surface area contributed by atoms with Crippen LogP contribution in [0.15, 0.2) is 0 Å². The molecule has 2 heteroatoms. The van der Waals surface area contributed by atoms with Crippen LogP contribution in [0.5, 0.6) is 0 Å². The molecule has 2 heterocycles. The zero-order chi connectivity index (χ0) is 10.7. The molecule has 2 unspecified atom stereocenters. The van der Waals surface area contributed by atoms with Crippen molar-refractivity contribution in [3.05, 3.63) is 0 Å². The highest BCUT2D eigenvalue weighted by Gasteiger charge is 2.37. The highest BCUT2D eigenvalue weighted by Crippen LogP contribution is 2.31. The van der Waals surface area contributed by atoms with Crippen molar-refractivity contribution in [2.45, 2.75) is 57.2 Å². The Morgan fingerprint density at radius 2 is 1.67 bits per heavy atom. The second-order valence-corrected chi connectivity index (χ2v) is 7.13. The Kier molecular flexibility index (Phi) is 4.00. The number of nitrogens with zero attached hydrogens (tertiary/aromatic N) is 1. The summed E-state index contributed by atoms with van der Waals surface area (Å²) >= 11 is 2.20. The Morgan fingerprint density at radius 3 is 2.33 bits per heavy atom. The zero-order valence-electron chi connectivity index (χ0n) is 10.4. The summed E-state index contributed by atoms with van der Waals surface area (Å²) in [7, 11) is 0. The molecule has 1 nitrogen and oxygen atoms in total. The second kappa shape index (κ2) is 5.09. The van der Waals surface area contributed by atoms with E-state index in [0.29, 0.717) is 0 Å². The number of hydrogen-bond acceptors (Lipinski definition) is 1. The normalized spacial score (nSPS) is 37.2. The van der Waals surface area contributed by atoms with Gasteiger partial charge in [0.1, 0.15) is 0 Å². The smallest absolute Gasteiger partial charge is 0.0906 e. The average molecular weight is 228 g/mol. The predicted molar refractivity (Wildman–Crippen MR) is 69.3 cm³/mol. The van der Waals surface area contributed by atoms with Crippen molar-refractivity contribution < 1.29 is 4.48 Å². The van der Waals surface area contributed by atoms with Gasteiger partial charge in [0, 0.05) is 6.42 Å². The van der Waals surface area contributed by atoms with Crippen LogP contribution < -0.4 is 0 Å². The second-order valence-electron chi connectivity index (χ2n) is 5.58. The van der Waals surface area contributed by atoms with Gasteiger partial charge in [-0.2, -0.15) is 11.8 Å². The van der Waals surface area contributed by atoms with E-state index in [2.05, 4.69) is 25.6 Å². The Bertz CT molecular complexity index is 197. The van der Waals surface area contributed by atoms with Crippen LogP contribution in [-0.2, 0) is 0 Å². The lowest BCUT2D eigenvalue weighted by Crippen LogP contribution is -2.56. The lowest BCUT2D eigenvalue weighted by Gasteiger charge is -2.43. The largest absolute Gasteiger partial charge is 0.320 e. The van der Waals surface area contributed by atoms with Gasteiger partial charge in [0.15, 0.2) is 0 Å². The minimum atomic E-state index is 0.882. The minimum absolute atomic E-state index is 0.882. The molecule has 0 aromatic rings. The van der Waals surface area contributed by atoms with Gasteiger partial charge in [0.25, 0.3) is 0 Å². The number of thioether (sulfide) groups is 1. The van der Waals surface area contributed by atoms with E-state index < -0.39 is 0 Å². The molecule has 2 rings (SSSR count). The highest BCUT2D eigenvalue weighted by atomic mass is 32.2. The van der Waals surface area contributed by atoms with Gasteiger partial charge in [-0.05, 0) is 45.3 Å². The summed E-state index contributed by atoms with van der Waals surface area (Å²) in [6.45, 7) is 9.31. The van der Waals surface area contributed by atoms with Crippen molar-refractivity contribution in [3.8, 4) is 0 Å². The molecule has 2 aliphatic heterocycles. The molecule has 0 aromatic heterocycles. The van der Waals surface area contributed by atoms with E-state index >= 15 is 0 Å². The van der Waals surface area contributed by atoms with Crippen LogP contribution in [0.2, 0.25) is 0 Å². The van der Waals surface area contributed by atoms with Crippen LogP contribution >= 0.6 is 11.8 Å². The summed E-state index contributed by atoms with van der Waals surface area (Å²) in [4.78, 5) is 0. The molecule has 0 aromatic carbocycles. The Labute approximate surface area is 99.2 Å². The summed E-state index contributed by atoms with van der Waals surface area (Å²) in [6.07, 6.45) is 7.35. The van der Waals surface area contributed by atoms with Crippen LogP contribution in [0.3, 0.4) is 0 Å². The van der Waals surface area contributed by atoms with Crippen LogP contribution in [0.4, 0.5) is 0 Å². The summed E-state index contributed by atoms with van der Waals surface area (Å²) in [5.41, 5.74) is 0. The van der Waals surface area contributed by atoms with Crippen molar-refractivity contribution >= 4 is 11.8 Å². The summed E-state index contributed by atoms with van der Waals surface area (Å²) < 4.78 is 1.45. The molecule has 0 aliphatic carbocycles. The van der Waals surface area contributed by atoms with Gasteiger partial charge < -0.3 is 4.48 Å². The van der Waals surface area contributed by atoms with Gasteiger partial charge in [0.2, 0.25) is 0 Å². The topological polar surface area (TPSA) is 0 Å². The first kappa shape index (κ1) is 11.8. The van der Waals surface area contributed by atoms with E-state index in [1.807, 2.05) is 0 Å². The van der Waals surface area contributed by atoms with Gasteiger partial charge in [-0.15, -0.1) is 0 Å². The summed E-state index contributed by atoms with van der Waals surface area (Å²) in [5.74, 6) is 1.39. The van der Waals surface area contributed by atoms with E-state index in [0.717, 1.165) is 11.3 Å². The van der Waals surface area contributed by atoms with Crippen LogP contribution in [0.1, 0.15) is 46.0 Å². The molecule has 0 amide bonds. The predicted octanol–water partition coefficient (Wildman–Crippen LogP) is 3.29. The fourth-order valence-electron chi connectivity index (χ4n) is 3.40. The van der Waals surface area contributed by atoms with Crippen molar-refractivity contribution in [1.82, 2.24) is 0 Å². The third-order valence-corrected chi connectivity index (χ3v) is 5.64. The van der Waals surface area contributed by atoms with Gasteiger partial charge in [-0.25, -0.2) is 0 Å². The van der Waals surface area contributed by atoms with Gasteiger partial charge in [0.05, 0.1) is 30.9 Å². The maximum atomic E-state index is 2.50. The van der Waals surface area contributed by atoms with Crippen LogP contribution in [0, 0.1) is 0 Å². The van der Waals surface area contributed by atoms with Gasteiger partial charge >= 0.3 is 0 Å². The fourth-order valence-corrected chi connectivity index (χ4v) is 4.68. The van der Waals surface area contributed by atoms with Crippen LogP contribution in [-0.4, -0.2) is 41.2 Å². The van der Waals surface area contributed by atoms with Gasteiger partial charge in [-0.3, -0.25) is 0 Å². The molecule has 1 spiro atoms. The lowest BCUT2D eigenvalue weighted by atomic mass is 10.1. The summed E-state index contributed by atoms with van der Waals surface area (Å²) in [6, 6.07) is 0.917. The SMILES string of the molecule is CC1C[N+]2(CCCCCC2)C(C)CCS1. The molecule has 2 atom stereocenters. The van der Waals surface area contributed by atoms with E-state index in [9.17, 15) is 0 Å². The number of rotatable bonds is 0. The number of quaternary nitrogens is 1. The first-order valence-corrected chi connectivity index (χ1v) is 7.75. The first-order chi connectivity index (χ1) is 7.23. The molecule has 2 aliphatic rings. The average Bonchev–Trinajstić information content (AvgIpc) is 2.50. The third kappa shape index (κ3) is 2.71. The third-order valence-electron chi connectivity index (χ3n) is 4.45. The lowest BCUT2D eigenvalue weighted by molar-refractivity contribution is -0.948. The molecule has 15 heavy (non-hydrogen) atoms. The fraction of sp³-hybridized carbons (Fsp3) is 1.00. The number of hydrogen-bond donors (Lipinski definition) is 0. The molecule has 0 saturated carbocycles. The van der Waals surface area contributed by atoms with E-state index in [1.54, 1.807) is 0 Å². The Balaban J connectivity index is 2.11. The quantitative estimate of drug-likeness (QED) is 0.573. The maximum absolute atomic E-state index is 2.50. The van der Waals surface area contributed by atoms with Crippen molar-refractivity contribution in [2.24, 2.45) is 0 Å². The van der Waals surface area contributed by atoms with E-state index in [-0.39, 0.29) is 0 Å². The van der Waals surface area contributed by atoms with E-state index in [4.69, 9.17) is 0 Å². The van der Waals surface area contributed by atoms with Gasteiger partial charge in [-0.1, -0.05) is 0 Å². The highest BCUT2D eigenvalue weighted by molar-refractivity contribution is 7.99. The Morgan fingerprint density at radius 1 is 1.00 bits per heavy atom. The summed E-state index contributed by atoms with van der Waals surface area (Å²) in [5, 5.41) is 0.882. The van der Waals surface area contributed by atoms with Crippen molar-refractivity contribution in [2.75, 3.05) is 25.4 Å².